The number of hydroxylamine groups is 2. The Morgan fingerprint density at radius 1 is 0.556 bits per heavy atom. The van der Waals surface area contributed by atoms with E-state index in [-0.39, 0.29) is 44.7 Å². The number of aliphatic hydroxyl groups is 10. The van der Waals surface area contributed by atoms with Crippen LogP contribution in [0.15, 0.2) is 0 Å². The third-order valence-corrected chi connectivity index (χ3v) is 11.5. The van der Waals surface area contributed by atoms with Crippen LogP contribution < -0.4 is 5.32 Å². The zero-order chi connectivity index (χ0) is 46.1. The third kappa shape index (κ3) is 15.8. The number of ether oxygens (including phenoxy) is 6. The van der Waals surface area contributed by atoms with Gasteiger partial charge in [-0.05, 0) is 12.8 Å². The van der Waals surface area contributed by atoms with Crippen LogP contribution in [0.2, 0.25) is 0 Å². The summed E-state index contributed by atoms with van der Waals surface area (Å²) in [5.74, 6) is -1.75. The predicted octanol–water partition coefficient (Wildman–Crippen LogP) is -3.36. The van der Waals surface area contributed by atoms with E-state index in [0.29, 0.717) is 17.9 Å². The summed E-state index contributed by atoms with van der Waals surface area (Å²) < 4.78 is 33.4. The molecular formula is C40H68N2O21. The second kappa shape index (κ2) is 27.2. The van der Waals surface area contributed by atoms with Crippen molar-refractivity contribution in [3.05, 3.63) is 0 Å². The molecule has 0 bridgehead atoms. The Hall–Kier alpha value is -2.56. The van der Waals surface area contributed by atoms with Crippen molar-refractivity contribution in [2.24, 2.45) is 0 Å². The Bertz CT molecular complexity index is 1380. The smallest absolute Gasteiger partial charge is 0.333 e. The number of amides is 3. The molecule has 0 radical (unpaired) electrons. The van der Waals surface area contributed by atoms with Crippen molar-refractivity contribution >= 4 is 23.7 Å². The van der Waals surface area contributed by atoms with Gasteiger partial charge in [0.25, 0.3) is 11.8 Å². The molecule has 0 spiro atoms. The Morgan fingerprint density at radius 2 is 1.02 bits per heavy atom. The van der Waals surface area contributed by atoms with Crippen molar-refractivity contribution < 1.29 is 104 Å². The molecule has 364 valence electrons. The number of carbonyl (C=O) groups is 4. The monoisotopic (exact) mass is 912 g/mol. The fraction of sp³-hybridized carbons (Fsp3) is 0.900. The summed E-state index contributed by atoms with van der Waals surface area (Å²) in [4.78, 5) is 52.3. The van der Waals surface area contributed by atoms with Crippen molar-refractivity contribution in [1.82, 2.24) is 10.4 Å². The van der Waals surface area contributed by atoms with Crippen molar-refractivity contribution in [3.8, 4) is 0 Å². The highest BCUT2D eigenvalue weighted by Gasteiger charge is 2.52. The third-order valence-electron chi connectivity index (χ3n) is 11.5. The first kappa shape index (κ1) is 53.1. The number of hydrogen-bond donors (Lipinski definition) is 11. The molecule has 4 aliphatic heterocycles. The summed E-state index contributed by atoms with van der Waals surface area (Å²) in [7, 11) is 0. The SMILES string of the molecule is O=C(CCCCCCCCCCCCCCC(=O)ON1C(=O)CCC1=O)NCCO[C@@H]1O[C@H](CO[C@H]2O[C@H](CO)[C@@H](O)[C@H](O)[C@@H]2O)[C@@H](O)[C@H](O[C@H]2O[C@H](CO)[C@@H](O)[C@H](O)[C@@H]2O)[C@@H]1O. The minimum absolute atomic E-state index is 0.00778. The standard InChI is InChI=1S/C40H68N2O21/c43-19-22-29(49)32(52)34(54)38(59-22)58-21-24-31(51)37(62-40-35(55)33(53)30(50)23(20-44)60-40)36(56)39(61-24)57-18-17-41-25(45)13-11-9-7-5-3-1-2-4-6-8-10-12-14-28(48)63-42-26(46)15-16-27(42)47/h22-24,29-40,43-44,49-56H,1-21H2,(H,41,45)/t22-,23-,24-,29-,30-,31-,32+,33+,34+,35+,36+,37+,38+,39-,40-/m1/s1. The van der Waals surface area contributed by atoms with Gasteiger partial charge in [-0.15, -0.1) is 5.06 Å². The molecular weight excluding hydrogens is 844 g/mol. The zero-order valence-corrected chi connectivity index (χ0v) is 35.4. The number of aliphatic hydroxyl groups excluding tert-OH is 10. The van der Waals surface area contributed by atoms with E-state index in [1.807, 2.05) is 0 Å². The van der Waals surface area contributed by atoms with Crippen molar-refractivity contribution in [1.29, 1.82) is 0 Å². The van der Waals surface area contributed by atoms with Crippen LogP contribution in [-0.2, 0) is 52.4 Å². The minimum atomic E-state index is -1.89. The maximum Gasteiger partial charge on any atom is 0.333 e. The van der Waals surface area contributed by atoms with Crippen LogP contribution in [0.5, 0.6) is 0 Å². The van der Waals surface area contributed by atoms with Gasteiger partial charge in [0.05, 0.1) is 26.4 Å². The van der Waals surface area contributed by atoms with Gasteiger partial charge in [-0.3, -0.25) is 14.4 Å². The van der Waals surface area contributed by atoms with Crippen molar-refractivity contribution in [3.63, 3.8) is 0 Å². The van der Waals surface area contributed by atoms with Gasteiger partial charge in [-0.25, -0.2) is 4.79 Å². The van der Waals surface area contributed by atoms with E-state index < -0.39 is 130 Å². The number of nitrogens with one attached hydrogen (secondary N) is 1. The number of nitrogens with zero attached hydrogens (tertiary/aromatic N) is 1. The molecule has 23 nitrogen and oxygen atoms in total. The lowest BCUT2D eigenvalue weighted by Gasteiger charge is -2.46. The van der Waals surface area contributed by atoms with Crippen molar-refractivity contribution in [2.45, 2.75) is 195 Å². The first-order valence-electron chi connectivity index (χ1n) is 22.0. The Labute approximate surface area is 365 Å². The second-order valence-electron chi connectivity index (χ2n) is 16.4. The average molecular weight is 913 g/mol. The van der Waals surface area contributed by atoms with Crippen LogP contribution in [0.4, 0.5) is 0 Å². The summed E-state index contributed by atoms with van der Waals surface area (Å²) in [6, 6.07) is 0. The van der Waals surface area contributed by atoms with E-state index >= 15 is 0 Å². The first-order valence-corrected chi connectivity index (χ1v) is 22.0. The molecule has 23 heteroatoms. The molecule has 3 amide bonds. The highest BCUT2D eigenvalue weighted by molar-refractivity contribution is 6.01. The summed E-state index contributed by atoms with van der Waals surface area (Å²) in [5, 5.41) is 106. The van der Waals surface area contributed by atoms with Crippen LogP contribution in [0.25, 0.3) is 0 Å². The fourth-order valence-electron chi connectivity index (χ4n) is 7.65. The van der Waals surface area contributed by atoms with Crippen LogP contribution in [0.3, 0.4) is 0 Å². The molecule has 0 aromatic carbocycles. The van der Waals surface area contributed by atoms with Gasteiger partial charge in [0, 0.05) is 32.2 Å². The lowest BCUT2D eigenvalue weighted by Crippen LogP contribution is -2.65. The van der Waals surface area contributed by atoms with Crippen LogP contribution in [-0.4, -0.2) is 205 Å². The van der Waals surface area contributed by atoms with E-state index in [4.69, 9.17) is 33.3 Å². The van der Waals surface area contributed by atoms with Gasteiger partial charge >= 0.3 is 5.97 Å². The van der Waals surface area contributed by atoms with Crippen LogP contribution in [0, 0.1) is 0 Å². The van der Waals surface area contributed by atoms with E-state index in [2.05, 4.69) is 5.32 Å². The normalized spacial score (nSPS) is 35.0. The molecule has 0 unspecified atom stereocenters. The quantitative estimate of drug-likeness (QED) is 0.0283. The highest BCUT2D eigenvalue weighted by Crippen LogP contribution is 2.31. The lowest BCUT2D eigenvalue weighted by molar-refractivity contribution is -0.366. The molecule has 0 saturated carbocycles. The van der Waals surface area contributed by atoms with Gasteiger partial charge in [0.15, 0.2) is 18.9 Å². The van der Waals surface area contributed by atoms with E-state index in [9.17, 15) is 70.2 Å². The van der Waals surface area contributed by atoms with Gasteiger partial charge in [-0.1, -0.05) is 64.2 Å². The zero-order valence-electron chi connectivity index (χ0n) is 35.4. The highest BCUT2D eigenvalue weighted by atomic mass is 16.8. The van der Waals surface area contributed by atoms with Crippen LogP contribution >= 0.6 is 0 Å². The van der Waals surface area contributed by atoms with Gasteiger partial charge in [-0.2, -0.15) is 0 Å². The first-order chi connectivity index (χ1) is 30.2. The van der Waals surface area contributed by atoms with E-state index in [0.717, 1.165) is 64.2 Å². The summed E-state index contributed by atoms with van der Waals surface area (Å²) >= 11 is 0. The van der Waals surface area contributed by atoms with Crippen molar-refractivity contribution in [2.75, 3.05) is 33.0 Å². The number of unbranched alkanes of at least 4 members (excludes halogenated alkanes) is 11. The molecule has 15 atom stereocenters. The largest absolute Gasteiger partial charge is 0.394 e. The van der Waals surface area contributed by atoms with Gasteiger partial charge in [0.2, 0.25) is 5.91 Å². The molecule has 63 heavy (non-hydrogen) atoms. The molecule has 11 N–H and O–H groups in total. The molecule has 0 aliphatic carbocycles. The molecule has 4 heterocycles. The topological polar surface area (TPSA) is 350 Å². The molecule has 4 aliphatic rings. The minimum Gasteiger partial charge on any atom is -0.394 e. The fourth-order valence-corrected chi connectivity index (χ4v) is 7.65. The number of imide groups is 1. The van der Waals surface area contributed by atoms with Gasteiger partial charge < -0.3 is 89.6 Å². The lowest BCUT2D eigenvalue weighted by atomic mass is 9.96. The number of hydrogen-bond acceptors (Lipinski definition) is 21. The number of carbonyl (C=O) groups excluding carboxylic acids is 4. The molecule has 0 aromatic heterocycles. The maximum absolute atomic E-state index is 12.5. The summed E-state index contributed by atoms with van der Waals surface area (Å²) in [6.07, 6.45) is -12.8. The number of rotatable bonds is 27. The Balaban J connectivity index is 1.11. The second-order valence-corrected chi connectivity index (χ2v) is 16.4. The van der Waals surface area contributed by atoms with E-state index in [1.165, 1.54) is 0 Å². The molecule has 0 aromatic rings. The summed E-state index contributed by atoms with van der Waals surface area (Å²) in [5.41, 5.74) is 0. The van der Waals surface area contributed by atoms with E-state index in [1.54, 1.807) is 0 Å². The Kier molecular flexibility index (Phi) is 22.9. The molecule has 4 saturated heterocycles. The van der Waals surface area contributed by atoms with Gasteiger partial charge in [0.1, 0.15) is 73.2 Å². The average Bonchev–Trinajstić information content (AvgIpc) is 3.58. The van der Waals surface area contributed by atoms with Crippen LogP contribution in [0.1, 0.15) is 103 Å². The predicted molar refractivity (Wildman–Crippen MR) is 210 cm³/mol. The summed E-state index contributed by atoms with van der Waals surface area (Å²) in [6.45, 7) is -2.29. The molecule has 4 rings (SSSR count). The molecule has 4 fully saturated rings. The maximum atomic E-state index is 12.5. The Morgan fingerprint density at radius 3 is 1.56 bits per heavy atom.